The topological polar surface area (TPSA) is 71.2 Å². The van der Waals surface area contributed by atoms with Crippen LogP contribution >= 0.6 is 0 Å². The molecule has 0 radical (unpaired) electrons. The third kappa shape index (κ3) is 3.88. The minimum atomic E-state index is -0.921. The van der Waals surface area contributed by atoms with Gasteiger partial charge in [-0.05, 0) is 32.9 Å². The summed E-state index contributed by atoms with van der Waals surface area (Å²) in [6.45, 7) is 6.07. The van der Waals surface area contributed by atoms with Gasteiger partial charge in [-0.3, -0.25) is 9.36 Å². The second-order valence-corrected chi connectivity index (χ2v) is 5.51. The number of carbonyl (C=O) groups is 1. The molecule has 0 fully saturated rings. The van der Waals surface area contributed by atoms with E-state index in [9.17, 15) is 9.90 Å². The van der Waals surface area contributed by atoms with Crippen LogP contribution in [0.1, 0.15) is 31.1 Å². The Morgan fingerprint density at radius 3 is 2.67 bits per heavy atom. The van der Waals surface area contributed by atoms with Crippen molar-refractivity contribution in [3.63, 3.8) is 0 Å². The summed E-state index contributed by atoms with van der Waals surface area (Å²) in [5.74, 6) is 0.568. The van der Waals surface area contributed by atoms with Crippen LogP contribution in [0.4, 0.5) is 0 Å². The molecule has 0 unspecified atom stereocenters. The number of aromatic nitrogens is 3. The Kier molecular flexibility index (Phi) is 4.37. The molecule has 21 heavy (non-hydrogen) atoms. The van der Waals surface area contributed by atoms with Gasteiger partial charge in [0.15, 0.2) is 0 Å². The van der Waals surface area contributed by atoms with Gasteiger partial charge in [-0.25, -0.2) is 9.97 Å². The average molecular weight is 288 g/mol. The molecule has 1 amide bonds. The first-order valence-corrected chi connectivity index (χ1v) is 6.87. The number of hydrogen-bond acceptors (Lipinski definition) is 4. The molecule has 0 aliphatic carbocycles. The normalized spacial score (nSPS) is 11.4. The Balaban J connectivity index is 2.15. The predicted molar refractivity (Wildman–Crippen MR) is 79.2 cm³/mol. The number of amides is 1. The lowest BCUT2D eigenvalue weighted by atomic mass is 10.1. The van der Waals surface area contributed by atoms with Gasteiger partial charge in [0.2, 0.25) is 0 Å². The molecule has 2 rings (SSSR count). The maximum Gasteiger partial charge on any atom is 0.255 e. The Bertz CT molecular complexity index is 585. The quantitative estimate of drug-likeness (QED) is 0.905. The van der Waals surface area contributed by atoms with Crippen molar-refractivity contribution in [3.8, 4) is 5.82 Å². The second-order valence-electron chi connectivity index (χ2n) is 5.51. The number of rotatable bonds is 5. The van der Waals surface area contributed by atoms with Crippen LogP contribution < -0.4 is 0 Å². The average Bonchev–Trinajstić information content (AvgIpc) is 2.97. The van der Waals surface area contributed by atoms with Gasteiger partial charge in [-0.1, -0.05) is 0 Å². The number of pyridine rings is 1. The SMILES string of the molecule is CCN(CC(C)(C)O)C(=O)c1ccc(-n2ccnc2)nc1. The van der Waals surface area contributed by atoms with Crippen LogP contribution in [-0.2, 0) is 0 Å². The highest BCUT2D eigenvalue weighted by Crippen LogP contribution is 2.11. The first-order valence-electron chi connectivity index (χ1n) is 6.87. The molecule has 0 atom stereocenters. The van der Waals surface area contributed by atoms with Crippen molar-refractivity contribution in [2.45, 2.75) is 26.4 Å². The zero-order valence-corrected chi connectivity index (χ0v) is 12.5. The fourth-order valence-corrected chi connectivity index (χ4v) is 2.04. The fourth-order valence-electron chi connectivity index (χ4n) is 2.04. The Morgan fingerprint density at radius 1 is 1.43 bits per heavy atom. The zero-order valence-electron chi connectivity index (χ0n) is 12.5. The van der Waals surface area contributed by atoms with Crippen LogP contribution in [-0.4, -0.2) is 49.1 Å². The van der Waals surface area contributed by atoms with Gasteiger partial charge in [0.25, 0.3) is 5.91 Å². The third-order valence-electron chi connectivity index (χ3n) is 3.01. The number of likely N-dealkylation sites (N-methyl/N-ethyl adjacent to an activating group) is 1. The lowest BCUT2D eigenvalue weighted by molar-refractivity contribution is 0.0314. The maximum absolute atomic E-state index is 12.4. The molecule has 0 saturated carbocycles. The first-order chi connectivity index (χ1) is 9.90. The van der Waals surface area contributed by atoms with E-state index in [2.05, 4.69) is 9.97 Å². The Labute approximate surface area is 124 Å². The highest BCUT2D eigenvalue weighted by molar-refractivity contribution is 5.94. The molecule has 1 N–H and O–H groups in total. The number of aliphatic hydroxyl groups is 1. The van der Waals surface area contributed by atoms with Gasteiger partial charge >= 0.3 is 0 Å². The van der Waals surface area contributed by atoms with Gasteiger partial charge in [-0.15, -0.1) is 0 Å². The molecule has 0 aliphatic rings. The standard InChI is InChI=1S/C15H20N4O2/c1-4-18(10-15(2,3)21)14(20)12-5-6-13(17-9-12)19-8-7-16-11-19/h5-9,11,21H,4,10H2,1-3H3. The first kappa shape index (κ1) is 15.2. The van der Waals surface area contributed by atoms with Crippen molar-refractivity contribution >= 4 is 5.91 Å². The summed E-state index contributed by atoms with van der Waals surface area (Å²) in [5.41, 5.74) is -0.416. The van der Waals surface area contributed by atoms with Gasteiger partial charge in [0.05, 0.1) is 11.2 Å². The molecule has 0 aliphatic heterocycles. The molecule has 0 spiro atoms. The monoisotopic (exact) mass is 288 g/mol. The van der Waals surface area contributed by atoms with Crippen molar-refractivity contribution < 1.29 is 9.90 Å². The van der Waals surface area contributed by atoms with Crippen molar-refractivity contribution in [1.29, 1.82) is 0 Å². The lowest BCUT2D eigenvalue weighted by Gasteiger charge is -2.28. The van der Waals surface area contributed by atoms with Gasteiger partial charge in [0, 0.05) is 31.7 Å². The number of hydrogen-bond donors (Lipinski definition) is 1. The maximum atomic E-state index is 12.4. The van der Waals surface area contributed by atoms with E-state index in [0.29, 0.717) is 17.9 Å². The summed E-state index contributed by atoms with van der Waals surface area (Å²) in [6.07, 6.45) is 6.65. The van der Waals surface area contributed by atoms with Gasteiger partial charge in [0.1, 0.15) is 12.1 Å². The van der Waals surface area contributed by atoms with Crippen molar-refractivity contribution in [1.82, 2.24) is 19.4 Å². The van der Waals surface area contributed by atoms with Crippen LogP contribution in [0.2, 0.25) is 0 Å². The van der Waals surface area contributed by atoms with E-state index < -0.39 is 5.60 Å². The molecule has 6 heteroatoms. The molecular formula is C15H20N4O2. The fraction of sp³-hybridized carbons (Fsp3) is 0.400. The zero-order chi connectivity index (χ0) is 15.5. The van der Waals surface area contributed by atoms with Crippen molar-refractivity contribution in [2.75, 3.05) is 13.1 Å². The minimum absolute atomic E-state index is 0.135. The van der Waals surface area contributed by atoms with Crippen LogP contribution in [0, 0.1) is 0 Å². The number of imidazole rings is 1. The van der Waals surface area contributed by atoms with E-state index in [1.165, 1.54) is 0 Å². The van der Waals surface area contributed by atoms with Gasteiger partial charge in [-0.2, -0.15) is 0 Å². The van der Waals surface area contributed by atoms with E-state index in [4.69, 9.17) is 0 Å². The molecular weight excluding hydrogens is 268 g/mol. The predicted octanol–water partition coefficient (Wildman–Crippen LogP) is 1.50. The molecule has 0 saturated heterocycles. The largest absolute Gasteiger partial charge is 0.389 e. The molecule has 2 aromatic heterocycles. The van der Waals surface area contributed by atoms with E-state index in [0.717, 1.165) is 0 Å². The summed E-state index contributed by atoms with van der Waals surface area (Å²) in [5, 5.41) is 9.86. The summed E-state index contributed by atoms with van der Waals surface area (Å²) in [7, 11) is 0. The van der Waals surface area contributed by atoms with Crippen LogP contribution in [0.5, 0.6) is 0 Å². The lowest BCUT2D eigenvalue weighted by Crippen LogP contribution is -2.42. The van der Waals surface area contributed by atoms with Crippen LogP contribution in [0.15, 0.2) is 37.1 Å². The minimum Gasteiger partial charge on any atom is -0.389 e. The number of nitrogens with zero attached hydrogens (tertiary/aromatic N) is 4. The second kappa shape index (κ2) is 6.05. The molecule has 2 aromatic rings. The van der Waals surface area contributed by atoms with E-state index >= 15 is 0 Å². The highest BCUT2D eigenvalue weighted by Gasteiger charge is 2.22. The van der Waals surface area contributed by atoms with E-state index in [-0.39, 0.29) is 12.5 Å². The number of carbonyl (C=O) groups excluding carboxylic acids is 1. The summed E-state index contributed by atoms with van der Waals surface area (Å²) >= 11 is 0. The van der Waals surface area contributed by atoms with Gasteiger partial charge < -0.3 is 10.0 Å². The third-order valence-corrected chi connectivity index (χ3v) is 3.01. The Hall–Kier alpha value is -2.21. The molecule has 0 bridgehead atoms. The van der Waals surface area contributed by atoms with Crippen molar-refractivity contribution in [2.24, 2.45) is 0 Å². The summed E-state index contributed by atoms with van der Waals surface area (Å²) < 4.78 is 1.77. The van der Waals surface area contributed by atoms with Crippen LogP contribution in [0.3, 0.4) is 0 Å². The smallest absolute Gasteiger partial charge is 0.255 e. The molecule has 2 heterocycles. The van der Waals surface area contributed by atoms with Crippen LogP contribution in [0.25, 0.3) is 5.82 Å². The highest BCUT2D eigenvalue weighted by atomic mass is 16.3. The Morgan fingerprint density at radius 2 is 2.19 bits per heavy atom. The molecule has 0 aromatic carbocycles. The summed E-state index contributed by atoms with van der Waals surface area (Å²) in [4.78, 5) is 22.2. The molecule has 6 nitrogen and oxygen atoms in total. The van der Waals surface area contributed by atoms with Crippen molar-refractivity contribution in [3.05, 3.63) is 42.6 Å². The van der Waals surface area contributed by atoms with E-state index in [1.54, 1.807) is 60.4 Å². The summed E-state index contributed by atoms with van der Waals surface area (Å²) in [6, 6.07) is 3.50. The van der Waals surface area contributed by atoms with E-state index in [1.807, 2.05) is 6.92 Å². The molecule has 112 valence electrons.